The first kappa shape index (κ1) is 11.0. The van der Waals surface area contributed by atoms with E-state index in [1.165, 1.54) is 12.8 Å². The molecule has 1 aliphatic carbocycles. The van der Waals surface area contributed by atoms with E-state index in [0.717, 1.165) is 24.0 Å². The topological polar surface area (TPSA) is 55.1 Å². The fraction of sp³-hybridized carbons (Fsp3) is 0.462. The van der Waals surface area contributed by atoms with E-state index in [9.17, 15) is 4.79 Å². The number of hydrogen-bond acceptors (Lipinski definition) is 2. The molecule has 0 radical (unpaired) electrons. The summed E-state index contributed by atoms with van der Waals surface area (Å²) in [5, 5.41) is 3.08. The zero-order valence-corrected chi connectivity index (χ0v) is 9.62. The average molecular weight is 218 g/mol. The highest BCUT2D eigenvalue weighted by molar-refractivity contribution is 5.96. The molecular weight excluding hydrogens is 200 g/mol. The van der Waals surface area contributed by atoms with Gasteiger partial charge in [0.15, 0.2) is 0 Å². The minimum atomic E-state index is 0.0319. The average Bonchev–Trinajstić information content (AvgIpc) is 2.70. The van der Waals surface area contributed by atoms with Crippen molar-refractivity contribution in [2.75, 3.05) is 5.73 Å². The Labute approximate surface area is 96.0 Å². The Bertz CT molecular complexity index is 395. The summed E-state index contributed by atoms with van der Waals surface area (Å²) >= 11 is 0. The normalized spacial score (nSPS) is 16.3. The molecule has 0 atom stereocenters. The number of hydrogen-bond donors (Lipinski definition) is 2. The zero-order chi connectivity index (χ0) is 11.5. The van der Waals surface area contributed by atoms with Crippen LogP contribution in [0.15, 0.2) is 18.2 Å². The third kappa shape index (κ3) is 2.35. The molecule has 3 N–H and O–H groups in total. The monoisotopic (exact) mass is 218 g/mol. The summed E-state index contributed by atoms with van der Waals surface area (Å²) in [6, 6.07) is 5.78. The van der Waals surface area contributed by atoms with Crippen molar-refractivity contribution < 1.29 is 4.79 Å². The Hall–Kier alpha value is -1.51. The van der Waals surface area contributed by atoms with Crippen LogP contribution in [0.4, 0.5) is 5.69 Å². The van der Waals surface area contributed by atoms with Crippen LogP contribution < -0.4 is 11.1 Å². The van der Waals surface area contributed by atoms with E-state index in [0.29, 0.717) is 11.7 Å². The fourth-order valence-electron chi connectivity index (χ4n) is 2.27. The van der Waals surface area contributed by atoms with Gasteiger partial charge in [-0.05, 0) is 43.5 Å². The van der Waals surface area contributed by atoms with Gasteiger partial charge in [-0.3, -0.25) is 4.79 Å². The van der Waals surface area contributed by atoms with Crippen LogP contribution in [0.3, 0.4) is 0 Å². The summed E-state index contributed by atoms with van der Waals surface area (Å²) in [6.45, 7) is 1.92. The summed E-state index contributed by atoms with van der Waals surface area (Å²) in [4.78, 5) is 12.0. The van der Waals surface area contributed by atoms with Crippen molar-refractivity contribution >= 4 is 11.6 Å². The molecule has 1 aliphatic rings. The second-order valence-electron chi connectivity index (χ2n) is 4.53. The summed E-state index contributed by atoms with van der Waals surface area (Å²) < 4.78 is 0. The van der Waals surface area contributed by atoms with Gasteiger partial charge >= 0.3 is 0 Å². The molecule has 1 amide bonds. The third-order valence-electron chi connectivity index (χ3n) is 3.19. The molecular formula is C13H18N2O. The van der Waals surface area contributed by atoms with Gasteiger partial charge in [0.2, 0.25) is 0 Å². The Kier molecular flexibility index (Phi) is 3.13. The van der Waals surface area contributed by atoms with E-state index in [2.05, 4.69) is 5.32 Å². The molecule has 86 valence electrons. The highest BCUT2D eigenvalue weighted by atomic mass is 16.1. The molecule has 2 rings (SSSR count). The van der Waals surface area contributed by atoms with E-state index < -0.39 is 0 Å². The van der Waals surface area contributed by atoms with Gasteiger partial charge in [-0.2, -0.15) is 0 Å². The van der Waals surface area contributed by atoms with Gasteiger partial charge in [0, 0.05) is 17.3 Å². The van der Waals surface area contributed by atoms with Gasteiger partial charge in [-0.25, -0.2) is 0 Å². The lowest BCUT2D eigenvalue weighted by Crippen LogP contribution is -2.32. The lowest BCUT2D eigenvalue weighted by molar-refractivity contribution is 0.0937. The van der Waals surface area contributed by atoms with E-state index in [4.69, 9.17) is 5.73 Å². The fourth-order valence-corrected chi connectivity index (χ4v) is 2.27. The first-order valence-corrected chi connectivity index (χ1v) is 5.84. The van der Waals surface area contributed by atoms with Crippen LogP contribution in [0, 0.1) is 6.92 Å². The standard InChI is InChI=1S/C13H18N2O/c1-9-8-10(14)6-7-12(9)13(16)15-11-4-2-3-5-11/h6-8,11H,2-5,14H2,1H3,(H,15,16). The molecule has 0 bridgehead atoms. The Morgan fingerprint density at radius 2 is 2.06 bits per heavy atom. The minimum absolute atomic E-state index is 0.0319. The smallest absolute Gasteiger partial charge is 0.251 e. The molecule has 1 aromatic rings. The van der Waals surface area contributed by atoms with E-state index >= 15 is 0 Å². The van der Waals surface area contributed by atoms with Crippen molar-refractivity contribution in [3.05, 3.63) is 29.3 Å². The number of benzene rings is 1. The molecule has 0 aliphatic heterocycles. The number of nitrogens with two attached hydrogens (primary N) is 1. The van der Waals surface area contributed by atoms with Crippen LogP contribution in [0.1, 0.15) is 41.6 Å². The van der Waals surface area contributed by atoms with E-state index in [1.807, 2.05) is 13.0 Å². The molecule has 3 nitrogen and oxygen atoms in total. The van der Waals surface area contributed by atoms with E-state index in [1.54, 1.807) is 12.1 Å². The number of carbonyl (C=O) groups is 1. The molecule has 0 aromatic heterocycles. The van der Waals surface area contributed by atoms with Gasteiger partial charge in [-0.1, -0.05) is 12.8 Å². The number of rotatable bonds is 2. The Morgan fingerprint density at radius 1 is 1.38 bits per heavy atom. The van der Waals surface area contributed by atoms with Gasteiger partial charge in [0.25, 0.3) is 5.91 Å². The van der Waals surface area contributed by atoms with Crippen LogP contribution in [0.25, 0.3) is 0 Å². The van der Waals surface area contributed by atoms with Crippen LogP contribution in [-0.2, 0) is 0 Å². The van der Waals surface area contributed by atoms with Crippen molar-refractivity contribution in [2.24, 2.45) is 0 Å². The molecule has 3 heteroatoms. The molecule has 0 spiro atoms. The van der Waals surface area contributed by atoms with E-state index in [-0.39, 0.29) is 5.91 Å². The second kappa shape index (κ2) is 4.56. The quantitative estimate of drug-likeness (QED) is 0.748. The number of nitrogens with one attached hydrogen (secondary N) is 1. The summed E-state index contributed by atoms with van der Waals surface area (Å²) in [6.07, 6.45) is 4.68. The molecule has 1 saturated carbocycles. The van der Waals surface area contributed by atoms with Crippen LogP contribution >= 0.6 is 0 Å². The summed E-state index contributed by atoms with van der Waals surface area (Å²) in [7, 11) is 0. The molecule has 16 heavy (non-hydrogen) atoms. The Morgan fingerprint density at radius 3 is 2.69 bits per heavy atom. The van der Waals surface area contributed by atoms with Crippen molar-refractivity contribution in [3.8, 4) is 0 Å². The maximum Gasteiger partial charge on any atom is 0.251 e. The molecule has 0 unspecified atom stereocenters. The lowest BCUT2D eigenvalue weighted by atomic mass is 10.1. The summed E-state index contributed by atoms with van der Waals surface area (Å²) in [5.74, 6) is 0.0319. The van der Waals surface area contributed by atoms with Crippen LogP contribution in [-0.4, -0.2) is 11.9 Å². The van der Waals surface area contributed by atoms with Crippen molar-refractivity contribution in [2.45, 2.75) is 38.6 Å². The first-order chi connectivity index (χ1) is 7.66. The molecule has 1 aromatic carbocycles. The first-order valence-electron chi connectivity index (χ1n) is 5.84. The number of nitrogen functional groups attached to an aromatic ring is 1. The van der Waals surface area contributed by atoms with Crippen molar-refractivity contribution in [1.82, 2.24) is 5.32 Å². The number of anilines is 1. The van der Waals surface area contributed by atoms with Gasteiger partial charge in [0.1, 0.15) is 0 Å². The minimum Gasteiger partial charge on any atom is -0.399 e. The number of carbonyl (C=O) groups excluding carboxylic acids is 1. The maximum absolute atomic E-state index is 12.0. The van der Waals surface area contributed by atoms with Crippen molar-refractivity contribution in [1.29, 1.82) is 0 Å². The highest BCUT2D eigenvalue weighted by Gasteiger charge is 2.18. The van der Waals surface area contributed by atoms with Gasteiger partial charge in [0.05, 0.1) is 0 Å². The molecule has 0 heterocycles. The lowest BCUT2D eigenvalue weighted by Gasteiger charge is -2.13. The largest absolute Gasteiger partial charge is 0.399 e. The third-order valence-corrected chi connectivity index (χ3v) is 3.19. The second-order valence-corrected chi connectivity index (χ2v) is 4.53. The Balaban J connectivity index is 2.08. The van der Waals surface area contributed by atoms with Crippen LogP contribution in [0.2, 0.25) is 0 Å². The highest BCUT2D eigenvalue weighted by Crippen LogP contribution is 2.19. The maximum atomic E-state index is 12.0. The predicted molar refractivity (Wildman–Crippen MR) is 65.3 cm³/mol. The molecule has 0 saturated heterocycles. The predicted octanol–water partition coefficient (Wildman–Crippen LogP) is 2.25. The van der Waals surface area contributed by atoms with Gasteiger partial charge in [-0.15, -0.1) is 0 Å². The summed E-state index contributed by atoms with van der Waals surface area (Å²) in [5.41, 5.74) is 8.04. The van der Waals surface area contributed by atoms with Crippen molar-refractivity contribution in [3.63, 3.8) is 0 Å². The number of aryl methyl sites for hydroxylation is 1. The SMILES string of the molecule is Cc1cc(N)ccc1C(=O)NC1CCCC1. The number of amides is 1. The van der Waals surface area contributed by atoms with Gasteiger partial charge < -0.3 is 11.1 Å². The van der Waals surface area contributed by atoms with Crippen LogP contribution in [0.5, 0.6) is 0 Å². The molecule has 1 fully saturated rings. The zero-order valence-electron chi connectivity index (χ0n) is 9.62.